The number of hydrogen-bond acceptors (Lipinski definition) is 2. The minimum absolute atomic E-state index is 0.587. The van der Waals surface area contributed by atoms with Gasteiger partial charge in [0.1, 0.15) is 0 Å². The van der Waals surface area contributed by atoms with Crippen LogP contribution in [0.2, 0.25) is 0 Å². The first-order valence-corrected chi connectivity index (χ1v) is 4.02. The molecule has 2 aliphatic rings. The molecule has 56 valence electrons. The minimum atomic E-state index is 0.587. The second kappa shape index (κ2) is 1.74. The Kier molecular flexibility index (Phi) is 1.08. The molecule has 0 aromatic heterocycles. The predicted octanol–water partition coefficient (Wildman–Crippen LogP) is 1.02. The molecule has 1 aliphatic heterocycles. The number of amidine groups is 1. The summed E-state index contributed by atoms with van der Waals surface area (Å²) in [5, 5.41) is 0. The Morgan fingerprint density at radius 1 is 1.50 bits per heavy atom. The standard InChI is InChI=1S/C8H14N2/c1-4-3-6(9)10-8-5(2)7(4)8/h4-5,7-8H,3H2,1-2H3,(H2,9,10)/t4-,5+,7?,8?/m0/s1. The number of aliphatic imine (C=N–C) groups is 1. The van der Waals surface area contributed by atoms with Crippen LogP contribution in [0.15, 0.2) is 4.99 Å². The SMILES string of the molecule is C[C@H]1C2N=C(N)C[C@H](C)C21. The monoisotopic (exact) mass is 138 g/mol. The van der Waals surface area contributed by atoms with Crippen LogP contribution >= 0.6 is 0 Å². The van der Waals surface area contributed by atoms with E-state index in [1.54, 1.807) is 0 Å². The molecule has 0 saturated heterocycles. The van der Waals surface area contributed by atoms with E-state index in [0.717, 1.165) is 30.0 Å². The maximum atomic E-state index is 5.65. The Bertz CT molecular complexity index is 186. The van der Waals surface area contributed by atoms with E-state index in [0.29, 0.717) is 6.04 Å². The summed E-state index contributed by atoms with van der Waals surface area (Å²) in [7, 11) is 0. The number of nitrogens with zero attached hydrogens (tertiary/aromatic N) is 1. The Balaban J connectivity index is 2.18. The summed E-state index contributed by atoms with van der Waals surface area (Å²) in [5.41, 5.74) is 5.65. The van der Waals surface area contributed by atoms with Gasteiger partial charge in [0.05, 0.1) is 11.9 Å². The van der Waals surface area contributed by atoms with Gasteiger partial charge in [0, 0.05) is 6.42 Å². The lowest BCUT2D eigenvalue weighted by Gasteiger charge is -2.13. The summed E-state index contributed by atoms with van der Waals surface area (Å²) in [6.07, 6.45) is 1.02. The van der Waals surface area contributed by atoms with Gasteiger partial charge < -0.3 is 5.73 Å². The Morgan fingerprint density at radius 3 is 2.80 bits per heavy atom. The van der Waals surface area contributed by atoms with Gasteiger partial charge >= 0.3 is 0 Å². The molecule has 0 spiro atoms. The molecule has 1 fully saturated rings. The summed E-state index contributed by atoms with van der Waals surface area (Å²) in [6.45, 7) is 4.55. The molecule has 2 rings (SSSR count). The van der Waals surface area contributed by atoms with E-state index in [2.05, 4.69) is 18.8 Å². The van der Waals surface area contributed by atoms with Crippen LogP contribution in [-0.2, 0) is 0 Å². The minimum Gasteiger partial charge on any atom is -0.387 e. The van der Waals surface area contributed by atoms with Crippen LogP contribution < -0.4 is 5.73 Å². The van der Waals surface area contributed by atoms with Gasteiger partial charge in [0.15, 0.2) is 0 Å². The predicted molar refractivity (Wildman–Crippen MR) is 41.8 cm³/mol. The first-order chi connectivity index (χ1) is 4.70. The average Bonchev–Trinajstić information content (AvgIpc) is 2.42. The lowest BCUT2D eigenvalue weighted by Crippen LogP contribution is -2.22. The highest BCUT2D eigenvalue weighted by Crippen LogP contribution is 2.50. The van der Waals surface area contributed by atoms with Crippen molar-refractivity contribution in [2.45, 2.75) is 26.3 Å². The molecule has 2 heteroatoms. The van der Waals surface area contributed by atoms with Crippen molar-refractivity contribution >= 4 is 5.84 Å². The topological polar surface area (TPSA) is 38.4 Å². The fourth-order valence-electron chi connectivity index (χ4n) is 2.24. The summed E-state index contributed by atoms with van der Waals surface area (Å²) >= 11 is 0. The highest BCUT2D eigenvalue weighted by atomic mass is 15.0. The van der Waals surface area contributed by atoms with Gasteiger partial charge in [-0.3, -0.25) is 4.99 Å². The Hall–Kier alpha value is -0.530. The zero-order valence-corrected chi connectivity index (χ0v) is 6.54. The van der Waals surface area contributed by atoms with Gasteiger partial charge in [0.2, 0.25) is 0 Å². The molecule has 2 N–H and O–H groups in total. The van der Waals surface area contributed by atoms with Crippen molar-refractivity contribution in [3.05, 3.63) is 0 Å². The molecule has 1 saturated carbocycles. The van der Waals surface area contributed by atoms with Gasteiger partial charge in [0.25, 0.3) is 0 Å². The zero-order valence-electron chi connectivity index (χ0n) is 6.54. The lowest BCUT2D eigenvalue weighted by molar-refractivity contribution is 0.481. The van der Waals surface area contributed by atoms with Gasteiger partial charge in [-0.1, -0.05) is 13.8 Å². The fraction of sp³-hybridized carbons (Fsp3) is 0.875. The summed E-state index contributed by atoms with van der Waals surface area (Å²) < 4.78 is 0. The molecule has 0 bridgehead atoms. The molecule has 10 heavy (non-hydrogen) atoms. The maximum Gasteiger partial charge on any atom is 0.0943 e. The van der Waals surface area contributed by atoms with Crippen molar-refractivity contribution in [3.63, 3.8) is 0 Å². The zero-order chi connectivity index (χ0) is 7.30. The number of hydrogen-bond donors (Lipinski definition) is 1. The van der Waals surface area contributed by atoms with E-state index in [1.807, 2.05) is 0 Å². The van der Waals surface area contributed by atoms with Gasteiger partial charge in [-0.15, -0.1) is 0 Å². The van der Waals surface area contributed by atoms with Crippen LogP contribution in [0.25, 0.3) is 0 Å². The molecule has 0 aromatic rings. The van der Waals surface area contributed by atoms with E-state index in [4.69, 9.17) is 5.73 Å². The van der Waals surface area contributed by atoms with Crippen molar-refractivity contribution in [1.82, 2.24) is 0 Å². The second-order valence-corrected chi connectivity index (χ2v) is 3.73. The third-order valence-corrected chi connectivity index (χ3v) is 2.90. The smallest absolute Gasteiger partial charge is 0.0943 e. The highest BCUT2D eigenvalue weighted by Gasteiger charge is 2.51. The third-order valence-electron chi connectivity index (χ3n) is 2.90. The number of rotatable bonds is 0. The van der Waals surface area contributed by atoms with Crippen LogP contribution in [0, 0.1) is 17.8 Å². The molecule has 1 aliphatic carbocycles. The van der Waals surface area contributed by atoms with Crippen molar-refractivity contribution in [3.8, 4) is 0 Å². The van der Waals surface area contributed by atoms with Gasteiger partial charge in [-0.2, -0.15) is 0 Å². The van der Waals surface area contributed by atoms with Gasteiger partial charge in [-0.25, -0.2) is 0 Å². The highest BCUT2D eigenvalue weighted by molar-refractivity contribution is 5.82. The fourth-order valence-corrected chi connectivity index (χ4v) is 2.24. The summed E-state index contributed by atoms with van der Waals surface area (Å²) in [6, 6.07) is 0.587. The van der Waals surface area contributed by atoms with E-state index in [1.165, 1.54) is 0 Å². The molecular formula is C8H14N2. The first kappa shape index (κ1) is 6.20. The van der Waals surface area contributed by atoms with E-state index < -0.39 is 0 Å². The number of nitrogens with two attached hydrogens (primary N) is 1. The van der Waals surface area contributed by atoms with Crippen LogP contribution in [0.1, 0.15) is 20.3 Å². The van der Waals surface area contributed by atoms with Gasteiger partial charge in [-0.05, 0) is 17.8 Å². The molecule has 2 unspecified atom stereocenters. The molecule has 1 heterocycles. The van der Waals surface area contributed by atoms with Crippen LogP contribution in [0.5, 0.6) is 0 Å². The quantitative estimate of drug-likeness (QED) is 0.533. The Morgan fingerprint density at radius 2 is 2.20 bits per heavy atom. The number of fused-ring (bicyclic) bond motifs is 1. The van der Waals surface area contributed by atoms with E-state index in [9.17, 15) is 0 Å². The molecular weight excluding hydrogens is 124 g/mol. The molecule has 0 amide bonds. The second-order valence-electron chi connectivity index (χ2n) is 3.73. The van der Waals surface area contributed by atoms with Crippen molar-refractivity contribution in [2.75, 3.05) is 0 Å². The largest absolute Gasteiger partial charge is 0.387 e. The first-order valence-electron chi connectivity index (χ1n) is 4.02. The van der Waals surface area contributed by atoms with E-state index in [-0.39, 0.29) is 0 Å². The lowest BCUT2D eigenvalue weighted by atomic mass is 9.98. The van der Waals surface area contributed by atoms with Crippen molar-refractivity contribution < 1.29 is 0 Å². The van der Waals surface area contributed by atoms with Crippen LogP contribution in [0.4, 0.5) is 0 Å². The molecule has 0 aromatic carbocycles. The average molecular weight is 138 g/mol. The molecule has 4 atom stereocenters. The van der Waals surface area contributed by atoms with E-state index >= 15 is 0 Å². The van der Waals surface area contributed by atoms with Crippen molar-refractivity contribution in [2.24, 2.45) is 28.5 Å². The molecule has 0 radical (unpaired) electrons. The maximum absolute atomic E-state index is 5.65. The third kappa shape index (κ3) is 0.678. The summed E-state index contributed by atoms with van der Waals surface area (Å²) in [5.74, 6) is 3.30. The van der Waals surface area contributed by atoms with Crippen molar-refractivity contribution in [1.29, 1.82) is 0 Å². The Labute approximate surface area is 61.5 Å². The molecule has 2 nitrogen and oxygen atoms in total. The summed E-state index contributed by atoms with van der Waals surface area (Å²) in [4.78, 5) is 4.38. The van der Waals surface area contributed by atoms with Crippen LogP contribution in [0.3, 0.4) is 0 Å². The van der Waals surface area contributed by atoms with Crippen LogP contribution in [-0.4, -0.2) is 11.9 Å². The normalized spacial score (nSPS) is 51.6.